The molecular formula is C22H34FN7O2. The monoisotopic (exact) mass is 447 g/mol. The highest BCUT2D eigenvalue weighted by atomic mass is 19.1. The van der Waals surface area contributed by atoms with Gasteiger partial charge >= 0.3 is 0 Å². The van der Waals surface area contributed by atoms with Gasteiger partial charge in [-0.1, -0.05) is 6.07 Å². The molecule has 32 heavy (non-hydrogen) atoms. The molecule has 0 aliphatic carbocycles. The molecule has 3 heterocycles. The van der Waals surface area contributed by atoms with Crippen LogP contribution in [0, 0.1) is 5.82 Å². The van der Waals surface area contributed by atoms with Crippen LogP contribution < -0.4 is 21.8 Å². The van der Waals surface area contributed by atoms with Gasteiger partial charge in [-0.25, -0.2) is 9.82 Å². The van der Waals surface area contributed by atoms with Gasteiger partial charge in [-0.15, -0.1) is 0 Å². The number of hydrazine groups is 1. The second-order valence-corrected chi connectivity index (χ2v) is 8.84. The van der Waals surface area contributed by atoms with Gasteiger partial charge in [0.25, 0.3) is 0 Å². The van der Waals surface area contributed by atoms with Crippen molar-refractivity contribution in [1.82, 2.24) is 20.7 Å². The average Bonchev–Trinajstić information content (AvgIpc) is 3.09. The topological polar surface area (TPSA) is 110 Å². The normalized spacial score (nSPS) is 29.3. The van der Waals surface area contributed by atoms with Gasteiger partial charge in [0, 0.05) is 36.9 Å². The quantitative estimate of drug-likeness (QED) is 0.412. The Kier molecular flexibility index (Phi) is 6.68. The predicted octanol–water partition coefficient (Wildman–Crippen LogP) is 0.546. The van der Waals surface area contributed by atoms with E-state index in [1.807, 2.05) is 31.0 Å². The van der Waals surface area contributed by atoms with Gasteiger partial charge in [0.05, 0.1) is 31.6 Å². The lowest BCUT2D eigenvalue weighted by molar-refractivity contribution is -0.0349. The zero-order valence-electron chi connectivity index (χ0n) is 18.9. The zero-order valence-corrected chi connectivity index (χ0v) is 18.9. The number of nitrogens with one attached hydrogen (secondary N) is 3. The van der Waals surface area contributed by atoms with Crippen LogP contribution in [0.3, 0.4) is 0 Å². The van der Waals surface area contributed by atoms with E-state index in [0.29, 0.717) is 42.5 Å². The molecule has 6 N–H and O–H groups in total. The molecule has 0 spiro atoms. The standard InChI is InChI=1S/C22H34FN7O2/c1-14(13-31)25-12-16-17(23)5-4-6-19(16)27-20-15(2)26-21-18(24)11-22(3,28-30(20)21)29-7-9-32-10-8-29/h4-6,11,14-15,20,25,27-28,31H,7-10,12-13,24H2,1-3H3. The number of hydrogen-bond acceptors (Lipinski definition) is 9. The van der Waals surface area contributed by atoms with Crippen LogP contribution in [0.25, 0.3) is 0 Å². The maximum atomic E-state index is 14.7. The van der Waals surface area contributed by atoms with Crippen molar-refractivity contribution in [2.75, 3.05) is 38.2 Å². The van der Waals surface area contributed by atoms with Crippen molar-refractivity contribution < 1.29 is 14.2 Å². The minimum absolute atomic E-state index is 0.0164. The number of aliphatic hydroxyl groups excluding tert-OH is 1. The molecule has 1 aromatic carbocycles. The molecule has 10 heteroatoms. The van der Waals surface area contributed by atoms with E-state index in [2.05, 4.69) is 27.9 Å². The van der Waals surface area contributed by atoms with Crippen molar-refractivity contribution in [2.24, 2.45) is 10.7 Å². The second kappa shape index (κ2) is 9.32. The summed E-state index contributed by atoms with van der Waals surface area (Å²) in [6.07, 6.45) is 1.75. The van der Waals surface area contributed by atoms with Crippen LogP contribution in [0.1, 0.15) is 26.3 Å². The molecule has 3 aliphatic heterocycles. The van der Waals surface area contributed by atoms with Gasteiger partial charge < -0.3 is 26.2 Å². The third-order valence-corrected chi connectivity index (χ3v) is 6.32. The molecule has 4 rings (SSSR count). The van der Waals surface area contributed by atoms with Gasteiger partial charge in [-0.2, -0.15) is 0 Å². The Bertz CT molecular complexity index is 889. The molecule has 0 aromatic heterocycles. The maximum Gasteiger partial charge on any atom is 0.163 e. The van der Waals surface area contributed by atoms with E-state index in [4.69, 9.17) is 15.5 Å². The summed E-state index contributed by atoms with van der Waals surface area (Å²) in [5.41, 5.74) is 11.4. The van der Waals surface area contributed by atoms with Gasteiger partial charge in [-0.05, 0) is 39.0 Å². The number of hydrogen-bond donors (Lipinski definition) is 5. The molecule has 0 amide bonds. The molecule has 176 valence electrons. The second-order valence-electron chi connectivity index (χ2n) is 8.84. The van der Waals surface area contributed by atoms with Crippen molar-refractivity contribution in [1.29, 1.82) is 0 Å². The summed E-state index contributed by atoms with van der Waals surface area (Å²) in [6.45, 7) is 9.18. The van der Waals surface area contributed by atoms with Crippen LogP contribution in [0.2, 0.25) is 0 Å². The van der Waals surface area contributed by atoms with Crippen molar-refractivity contribution in [3.05, 3.63) is 41.4 Å². The van der Waals surface area contributed by atoms with Crippen molar-refractivity contribution in [2.45, 2.75) is 51.2 Å². The fourth-order valence-electron chi connectivity index (χ4n) is 4.40. The molecule has 1 saturated heterocycles. The highest BCUT2D eigenvalue weighted by Gasteiger charge is 2.44. The van der Waals surface area contributed by atoms with Crippen molar-refractivity contribution in [3.8, 4) is 0 Å². The molecule has 1 aromatic rings. The minimum Gasteiger partial charge on any atom is -0.396 e. The summed E-state index contributed by atoms with van der Waals surface area (Å²) in [5.74, 6) is 0.384. The molecular weight excluding hydrogens is 413 g/mol. The number of aliphatic hydroxyl groups is 1. The van der Waals surface area contributed by atoms with E-state index < -0.39 is 5.66 Å². The first-order valence-corrected chi connectivity index (χ1v) is 11.2. The summed E-state index contributed by atoms with van der Waals surface area (Å²) in [7, 11) is 0. The van der Waals surface area contributed by atoms with Gasteiger partial charge in [0.1, 0.15) is 17.6 Å². The number of anilines is 1. The number of amidine groups is 1. The van der Waals surface area contributed by atoms with Crippen molar-refractivity contribution in [3.63, 3.8) is 0 Å². The van der Waals surface area contributed by atoms with Crippen LogP contribution >= 0.6 is 0 Å². The third-order valence-electron chi connectivity index (χ3n) is 6.32. The number of nitrogens with two attached hydrogens (primary N) is 1. The predicted molar refractivity (Wildman–Crippen MR) is 122 cm³/mol. The Morgan fingerprint density at radius 2 is 2.16 bits per heavy atom. The first kappa shape index (κ1) is 22.9. The fourth-order valence-corrected chi connectivity index (χ4v) is 4.40. The van der Waals surface area contributed by atoms with Crippen LogP contribution in [-0.2, 0) is 11.3 Å². The first-order chi connectivity index (χ1) is 15.3. The number of rotatable bonds is 7. The minimum atomic E-state index is -0.486. The van der Waals surface area contributed by atoms with Crippen molar-refractivity contribution >= 4 is 11.5 Å². The molecule has 1 fully saturated rings. The highest BCUT2D eigenvalue weighted by molar-refractivity contribution is 6.00. The Hall–Kier alpha value is -2.24. The van der Waals surface area contributed by atoms with Gasteiger partial charge in [0.15, 0.2) is 5.84 Å². The number of ether oxygens (including phenoxy) is 1. The number of halogens is 1. The fraction of sp³-hybridized carbons (Fsp3) is 0.591. The van der Waals surface area contributed by atoms with E-state index >= 15 is 0 Å². The smallest absolute Gasteiger partial charge is 0.163 e. The Morgan fingerprint density at radius 1 is 1.41 bits per heavy atom. The molecule has 0 radical (unpaired) electrons. The molecule has 0 saturated carbocycles. The Morgan fingerprint density at radius 3 is 2.88 bits per heavy atom. The lowest BCUT2D eigenvalue weighted by atomic mass is 10.1. The lowest BCUT2D eigenvalue weighted by Crippen LogP contribution is -2.69. The summed E-state index contributed by atoms with van der Waals surface area (Å²) >= 11 is 0. The molecule has 9 nitrogen and oxygen atoms in total. The lowest BCUT2D eigenvalue weighted by Gasteiger charge is -2.48. The van der Waals surface area contributed by atoms with Crippen LogP contribution in [-0.4, -0.2) is 77.7 Å². The van der Waals surface area contributed by atoms with Crippen LogP contribution in [0.5, 0.6) is 0 Å². The van der Waals surface area contributed by atoms with E-state index in [0.717, 1.165) is 13.1 Å². The van der Waals surface area contributed by atoms with Gasteiger partial charge in [0.2, 0.25) is 0 Å². The largest absolute Gasteiger partial charge is 0.396 e. The number of benzene rings is 1. The number of morpholine rings is 1. The number of nitrogens with zero attached hydrogens (tertiary/aromatic N) is 3. The molecule has 3 aliphatic rings. The van der Waals surface area contributed by atoms with Crippen LogP contribution in [0.4, 0.5) is 10.1 Å². The summed E-state index contributed by atoms with van der Waals surface area (Å²) in [5, 5.41) is 17.9. The molecule has 4 atom stereocenters. The number of fused-ring (bicyclic) bond motifs is 1. The number of aliphatic imine (C=N–C) groups is 1. The maximum absolute atomic E-state index is 14.7. The zero-order chi connectivity index (χ0) is 22.9. The first-order valence-electron chi connectivity index (χ1n) is 11.2. The van der Waals surface area contributed by atoms with Crippen LogP contribution in [0.15, 0.2) is 35.0 Å². The van der Waals surface area contributed by atoms with E-state index in [1.165, 1.54) is 6.07 Å². The summed E-state index contributed by atoms with van der Waals surface area (Å²) < 4.78 is 20.2. The molecule has 0 bridgehead atoms. The Labute approximate surface area is 188 Å². The molecule has 4 unspecified atom stereocenters. The van der Waals surface area contributed by atoms with E-state index in [1.54, 1.807) is 6.07 Å². The summed E-state index contributed by atoms with van der Waals surface area (Å²) in [6, 6.07) is 4.75. The average molecular weight is 448 g/mol. The SMILES string of the molecule is CC(CO)NCc1c(F)cccc1NC1C(C)N=C2C(N)=CC(C)(N3CCOCC3)NN21. The Balaban J connectivity index is 1.57. The van der Waals surface area contributed by atoms with E-state index in [-0.39, 0.29) is 30.7 Å². The van der Waals surface area contributed by atoms with E-state index in [9.17, 15) is 9.50 Å². The van der Waals surface area contributed by atoms with Gasteiger partial charge in [-0.3, -0.25) is 14.9 Å². The third kappa shape index (κ3) is 4.46. The highest BCUT2D eigenvalue weighted by Crippen LogP contribution is 2.30. The summed E-state index contributed by atoms with van der Waals surface area (Å²) in [4.78, 5) is 7.06.